The fraction of sp³-hybridized carbons (Fsp3) is 0.182. The Hall–Kier alpha value is -2.74. The maximum absolute atomic E-state index is 11.9. The van der Waals surface area contributed by atoms with Gasteiger partial charge in [0.25, 0.3) is 0 Å². The van der Waals surface area contributed by atoms with E-state index in [0.717, 1.165) is 24.8 Å². The lowest BCUT2D eigenvalue weighted by Gasteiger charge is -2.25. The van der Waals surface area contributed by atoms with Crippen LogP contribution in [0, 0.1) is 0 Å². The van der Waals surface area contributed by atoms with E-state index in [4.69, 9.17) is 4.42 Å². The highest BCUT2D eigenvalue weighted by atomic mass is 16.5. The predicted octanol–water partition coefficient (Wildman–Crippen LogP) is 6.00. The average Bonchev–Trinajstić information content (AvgIpc) is 3.06. The molecule has 2 nitrogen and oxygen atoms in total. The molecule has 1 aromatic heterocycles. The minimum Gasteiger partial charge on any atom is -0.431 e. The van der Waals surface area contributed by atoms with Crippen LogP contribution >= 0.6 is 0 Å². The van der Waals surface area contributed by atoms with Gasteiger partial charge in [-0.3, -0.25) is 0 Å². The standard InChI is InChI=1S/C22H17O2/c23-22-18(11-12-24-22)16-6-5-15-8-9-19-17-4-2-1-3-14(17)7-10-20(19)21(15)13-16/h1-4,7-12,16H,5-6,13H2. The molecule has 0 spiro atoms. The van der Waals surface area contributed by atoms with Gasteiger partial charge in [0.2, 0.25) is 0 Å². The summed E-state index contributed by atoms with van der Waals surface area (Å²) in [5.74, 6) is 0.0926. The Kier molecular flexibility index (Phi) is 2.93. The van der Waals surface area contributed by atoms with Crippen molar-refractivity contribution in [3.63, 3.8) is 0 Å². The summed E-state index contributed by atoms with van der Waals surface area (Å²) in [5, 5.41) is 17.1. The largest absolute Gasteiger partial charge is 0.431 e. The SMILES string of the molecule is [O]c1occc1C1CCc2ccc3c(ccc4ccccc43)c2C1. The molecule has 0 saturated heterocycles. The van der Waals surface area contributed by atoms with Gasteiger partial charge in [-0.1, -0.05) is 48.5 Å². The van der Waals surface area contributed by atoms with Crippen LogP contribution in [0.15, 0.2) is 65.3 Å². The first-order valence-corrected chi connectivity index (χ1v) is 8.48. The van der Waals surface area contributed by atoms with Crippen molar-refractivity contribution in [1.82, 2.24) is 0 Å². The summed E-state index contributed by atoms with van der Waals surface area (Å²) in [6.45, 7) is 0. The predicted molar refractivity (Wildman–Crippen MR) is 95.1 cm³/mol. The van der Waals surface area contributed by atoms with Crippen LogP contribution in [0.5, 0.6) is 5.95 Å². The molecule has 1 aliphatic carbocycles. The van der Waals surface area contributed by atoms with Gasteiger partial charge >= 0.3 is 5.95 Å². The first-order valence-electron chi connectivity index (χ1n) is 8.48. The molecule has 117 valence electrons. The van der Waals surface area contributed by atoms with Crippen LogP contribution in [0.4, 0.5) is 0 Å². The minimum absolute atomic E-state index is 0.172. The summed E-state index contributed by atoms with van der Waals surface area (Å²) in [5.41, 5.74) is 3.65. The maximum Gasteiger partial charge on any atom is 0.339 e. The van der Waals surface area contributed by atoms with E-state index in [9.17, 15) is 5.11 Å². The van der Waals surface area contributed by atoms with Crippen LogP contribution in [-0.2, 0) is 17.9 Å². The Morgan fingerprint density at radius 3 is 2.62 bits per heavy atom. The number of rotatable bonds is 1. The van der Waals surface area contributed by atoms with Crippen molar-refractivity contribution >= 4 is 21.5 Å². The molecule has 1 heterocycles. The molecule has 2 heteroatoms. The molecule has 0 amide bonds. The van der Waals surface area contributed by atoms with Crippen molar-refractivity contribution in [2.45, 2.75) is 25.2 Å². The van der Waals surface area contributed by atoms with Crippen molar-refractivity contribution in [2.24, 2.45) is 0 Å². The summed E-state index contributed by atoms with van der Waals surface area (Å²) >= 11 is 0. The lowest BCUT2D eigenvalue weighted by Crippen LogP contribution is -2.12. The zero-order chi connectivity index (χ0) is 16.1. The van der Waals surface area contributed by atoms with E-state index in [-0.39, 0.29) is 11.9 Å². The van der Waals surface area contributed by atoms with Crippen molar-refractivity contribution in [2.75, 3.05) is 0 Å². The van der Waals surface area contributed by atoms with E-state index in [1.165, 1.54) is 38.9 Å². The topological polar surface area (TPSA) is 33.0 Å². The number of fused-ring (bicyclic) bond motifs is 5. The van der Waals surface area contributed by atoms with Gasteiger partial charge in [-0.2, -0.15) is 0 Å². The fourth-order valence-electron chi connectivity index (χ4n) is 4.22. The van der Waals surface area contributed by atoms with E-state index in [1.807, 2.05) is 6.07 Å². The molecule has 0 aliphatic heterocycles. The average molecular weight is 313 g/mol. The van der Waals surface area contributed by atoms with Gasteiger partial charge in [-0.25, -0.2) is 5.11 Å². The second-order valence-corrected chi connectivity index (χ2v) is 6.69. The molecule has 0 fully saturated rings. The van der Waals surface area contributed by atoms with Crippen LogP contribution in [-0.4, -0.2) is 0 Å². The van der Waals surface area contributed by atoms with Crippen molar-refractivity contribution in [3.05, 3.63) is 77.6 Å². The molecule has 0 bridgehead atoms. The third kappa shape index (κ3) is 1.96. The van der Waals surface area contributed by atoms with Crippen LogP contribution in [0.3, 0.4) is 0 Å². The smallest absolute Gasteiger partial charge is 0.339 e. The van der Waals surface area contributed by atoms with Crippen LogP contribution in [0.2, 0.25) is 0 Å². The molecule has 1 radical (unpaired) electrons. The Labute approximate surface area is 140 Å². The lowest BCUT2D eigenvalue weighted by molar-refractivity contribution is 0.245. The van der Waals surface area contributed by atoms with Crippen molar-refractivity contribution in [3.8, 4) is 5.95 Å². The van der Waals surface area contributed by atoms with Gasteiger partial charge < -0.3 is 4.42 Å². The van der Waals surface area contributed by atoms with E-state index < -0.39 is 0 Å². The molecule has 4 aromatic rings. The number of hydrogen-bond acceptors (Lipinski definition) is 1. The van der Waals surface area contributed by atoms with Gasteiger partial charge in [0.05, 0.1) is 6.26 Å². The number of aryl methyl sites for hydroxylation is 1. The molecule has 0 N–H and O–H groups in total. The normalized spacial score (nSPS) is 17.2. The Morgan fingerprint density at radius 1 is 0.875 bits per heavy atom. The summed E-state index contributed by atoms with van der Waals surface area (Å²) in [7, 11) is 0. The molecular formula is C22H17O2. The van der Waals surface area contributed by atoms with Gasteiger partial charge in [0, 0.05) is 5.56 Å². The van der Waals surface area contributed by atoms with Crippen LogP contribution < -0.4 is 0 Å². The summed E-state index contributed by atoms with van der Waals surface area (Å²) in [4.78, 5) is 0. The van der Waals surface area contributed by atoms with E-state index in [0.29, 0.717) is 0 Å². The zero-order valence-corrected chi connectivity index (χ0v) is 13.3. The van der Waals surface area contributed by atoms with Crippen molar-refractivity contribution < 1.29 is 9.52 Å². The third-order valence-electron chi connectivity index (χ3n) is 5.45. The Bertz CT molecular complexity index is 1060. The Balaban J connectivity index is 1.70. The summed E-state index contributed by atoms with van der Waals surface area (Å²) < 4.78 is 5.00. The molecule has 1 aliphatic rings. The third-order valence-corrected chi connectivity index (χ3v) is 5.45. The second kappa shape index (κ2) is 5.13. The summed E-state index contributed by atoms with van der Waals surface area (Å²) in [6.07, 6.45) is 4.47. The highest BCUT2D eigenvalue weighted by Gasteiger charge is 2.25. The minimum atomic E-state index is -0.172. The molecule has 5 rings (SSSR count). The first kappa shape index (κ1) is 13.7. The fourth-order valence-corrected chi connectivity index (χ4v) is 4.22. The van der Waals surface area contributed by atoms with Gasteiger partial charge in [-0.15, -0.1) is 0 Å². The highest BCUT2D eigenvalue weighted by molar-refractivity contribution is 6.08. The highest BCUT2D eigenvalue weighted by Crippen LogP contribution is 2.40. The second-order valence-electron chi connectivity index (χ2n) is 6.69. The number of furan rings is 1. The molecular weight excluding hydrogens is 296 g/mol. The Morgan fingerprint density at radius 2 is 1.75 bits per heavy atom. The van der Waals surface area contributed by atoms with Gasteiger partial charge in [0.1, 0.15) is 0 Å². The van der Waals surface area contributed by atoms with Crippen LogP contribution in [0.1, 0.15) is 29.0 Å². The molecule has 0 saturated carbocycles. The summed E-state index contributed by atoms with van der Waals surface area (Å²) in [6, 6.07) is 19.4. The molecule has 3 aromatic carbocycles. The van der Waals surface area contributed by atoms with Gasteiger partial charge in [0.15, 0.2) is 0 Å². The first-order chi connectivity index (χ1) is 11.8. The zero-order valence-electron chi connectivity index (χ0n) is 13.3. The maximum atomic E-state index is 11.9. The number of hydrogen-bond donors (Lipinski definition) is 0. The van der Waals surface area contributed by atoms with E-state index >= 15 is 0 Å². The lowest BCUT2D eigenvalue weighted by atomic mass is 9.78. The number of benzene rings is 3. The van der Waals surface area contributed by atoms with Crippen molar-refractivity contribution in [1.29, 1.82) is 0 Å². The molecule has 1 unspecified atom stereocenters. The van der Waals surface area contributed by atoms with Crippen LogP contribution in [0.25, 0.3) is 21.5 Å². The molecule has 1 atom stereocenters. The van der Waals surface area contributed by atoms with E-state index in [1.54, 1.807) is 0 Å². The quantitative estimate of drug-likeness (QED) is 0.396. The van der Waals surface area contributed by atoms with E-state index in [2.05, 4.69) is 48.5 Å². The monoisotopic (exact) mass is 313 g/mol. The van der Waals surface area contributed by atoms with Gasteiger partial charge in [-0.05, 0) is 63.9 Å². The molecule has 24 heavy (non-hydrogen) atoms.